The third-order valence-electron chi connectivity index (χ3n) is 8.89. The van der Waals surface area contributed by atoms with Crippen molar-refractivity contribution in [2.45, 2.75) is 7.25 Å². The van der Waals surface area contributed by atoms with Gasteiger partial charge < -0.3 is 0 Å². The molecule has 8 rings (SSSR count). The number of fused-ring (bicyclic) bond motifs is 4. The van der Waals surface area contributed by atoms with Gasteiger partial charge in [0, 0.05) is 0 Å². The van der Waals surface area contributed by atoms with E-state index >= 15 is 0 Å². The van der Waals surface area contributed by atoms with Crippen molar-refractivity contribution in [3.8, 4) is 22.3 Å². The molecule has 0 heterocycles. The van der Waals surface area contributed by atoms with Crippen LogP contribution in [-0.2, 0) is 21.3 Å². The summed E-state index contributed by atoms with van der Waals surface area (Å²) in [5.41, 5.74) is 14.0. The molecule has 0 saturated heterocycles. The molecule has 0 nitrogen and oxygen atoms in total. The number of rotatable bonds is 5. The second-order valence-corrected chi connectivity index (χ2v) is 17.6. The van der Waals surface area contributed by atoms with Gasteiger partial charge in [-0.15, -0.1) is 0 Å². The van der Waals surface area contributed by atoms with Crippen LogP contribution in [0.3, 0.4) is 0 Å². The molecule has 0 radical (unpaired) electrons. The normalized spacial score (nSPS) is 14.7. The van der Waals surface area contributed by atoms with Gasteiger partial charge in [-0.1, -0.05) is 0 Å². The summed E-state index contributed by atoms with van der Waals surface area (Å²) < 4.78 is 2.45. The van der Waals surface area contributed by atoms with E-state index in [0.29, 0.717) is 7.25 Å². The zero-order valence-electron chi connectivity index (χ0n) is 23.3. The minimum atomic E-state index is -2.74. The van der Waals surface area contributed by atoms with Crippen molar-refractivity contribution in [2.75, 3.05) is 0 Å². The van der Waals surface area contributed by atoms with Gasteiger partial charge in [0.2, 0.25) is 0 Å². The summed E-state index contributed by atoms with van der Waals surface area (Å²) in [5, 5.41) is 0. The molecule has 0 N–H and O–H groups in total. The van der Waals surface area contributed by atoms with Crippen LogP contribution in [0.5, 0.6) is 0 Å². The molecular formula is C41H30Zr. The van der Waals surface area contributed by atoms with Crippen LogP contribution in [0.2, 0.25) is 0 Å². The van der Waals surface area contributed by atoms with Crippen LogP contribution >= 0.6 is 0 Å². The van der Waals surface area contributed by atoms with E-state index in [9.17, 15) is 0 Å². The average Bonchev–Trinajstić information content (AvgIpc) is 3.64. The van der Waals surface area contributed by atoms with Crippen LogP contribution in [-0.4, -0.2) is 3.21 Å². The number of benzene rings is 6. The Balaban J connectivity index is 1.42. The van der Waals surface area contributed by atoms with Crippen molar-refractivity contribution < 1.29 is 21.3 Å². The van der Waals surface area contributed by atoms with Crippen molar-refractivity contribution in [3.63, 3.8) is 0 Å². The summed E-state index contributed by atoms with van der Waals surface area (Å²) in [6.45, 7) is 0. The van der Waals surface area contributed by atoms with E-state index in [1.165, 1.54) is 55.6 Å². The quantitative estimate of drug-likeness (QED) is 0.182. The van der Waals surface area contributed by atoms with E-state index in [4.69, 9.17) is 0 Å². The summed E-state index contributed by atoms with van der Waals surface area (Å²) in [6, 6.07) is 58.8. The van der Waals surface area contributed by atoms with E-state index in [1.807, 2.05) is 0 Å². The number of allylic oxidation sites excluding steroid dienone is 1. The van der Waals surface area contributed by atoms with Gasteiger partial charge in [0.1, 0.15) is 0 Å². The topological polar surface area (TPSA) is 0 Å². The van der Waals surface area contributed by atoms with Gasteiger partial charge in [-0.3, -0.25) is 0 Å². The minimum absolute atomic E-state index is 0.421. The molecule has 6 aromatic rings. The third kappa shape index (κ3) is 4.36. The first-order valence-corrected chi connectivity index (χ1v) is 18.8. The molecule has 0 fully saturated rings. The summed E-state index contributed by atoms with van der Waals surface area (Å²) in [5.74, 6) is 0. The summed E-state index contributed by atoms with van der Waals surface area (Å²) >= 11 is -2.74. The van der Waals surface area contributed by atoms with Gasteiger partial charge in [-0.05, 0) is 0 Å². The Bertz CT molecular complexity index is 1880. The Labute approximate surface area is 255 Å². The molecule has 6 aromatic carbocycles. The van der Waals surface area contributed by atoms with Gasteiger partial charge >= 0.3 is 257 Å². The molecule has 0 saturated carbocycles. The monoisotopic (exact) mass is 612 g/mol. The summed E-state index contributed by atoms with van der Waals surface area (Å²) in [7, 11) is 0. The van der Waals surface area contributed by atoms with Crippen LogP contribution in [0.4, 0.5) is 0 Å². The predicted molar refractivity (Wildman–Crippen MR) is 173 cm³/mol. The molecule has 1 atom stereocenters. The molecule has 42 heavy (non-hydrogen) atoms. The molecule has 0 spiro atoms. The maximum absolute atomic E-state index is 2.74. The van der Waals surface area contributed by atoms with Crippen molar-refractivity contribution >= 4 is 9.28 Å². The molecule has 0 amide bonds. The fourth-order valence-electron chi connectivity index (χ4n) is 7.07. The van der Waals surface area contributed by atoms with E-state index in [2.05, 4.69) is 170 Å². The molecule has 198 valence electrons. The number of hydrogen-bond acceptors (Lipinski definition) is 0. The van der Waals surface area contributed by atoms with Gasteiger partial charge in [0.25, 0.3) is 0 Å². The van der Waals surface area contributed by atoms with E-state index in [0.717, 1.165) is 0 Å². The third-order valence-corrected chi connectivity index (χ3v) is 17.7. The van der Waals surface area contributed by atoms with Crippen molar-refractivity contribution in [3.05, 3.63) is 197 Å². The molecule has 0 aromatic heterocycles. The molecule has 2 aliphatic rings. The average molecular weight is 614 g/mol. The molecular weight excluding hydrogens is 584 g/mol. The zero-order valence-corrected chi connectivity index (χ0v) is 25.8. The SMILES string of the molecule is C1=C[CH]([Zr](=[C](c2ccccc2)c2ccccc2)[CH]2c3ccccc3-c3ccccc32)c2ccc(-c3ccccc3)cc21. The second-order valence-electron chi connectivity index (χ2n) is 11.2. The summed E-state index contributed by atoms with van der Waals surface area (Å²) in [4.78, 5) is 0. The Morgan fingerprint density at radius 3 is 1.57 bits per heavy atom. The van der Waals surface area contributed by atoms with Gasteiger partial charge in [-0.2, -0.15) is 0 Å². The second kappa shape index (κ2) is 10.9. The molecule has 0 aliphatic heterocycles. The molecule has 0 bridgehead atoms. The Kier molecular flexibility index (Phi) is 6.62. The first kappa shape index (κ1) is 25.5. The summed E-state index contributed by atoms with van der Waals surface area (Å²) in [6.07, 6.45) is 4.97. The maximum atomic E-state index is 2.56. The van der Waals surface area contributed by atoms with E-state index < -0.39 is 21.3 Å². The van der Waals surface area contributed by atoms with Gasteiger partial charge in [-0.25, -0.2) is 0 Å². The van der Waals surface area contributed by atoms with Gasteiger partial charge in [0.05, 0.1) is 0 Å². The van der Waals surface area contributed by atoms with Crippen LogP contribution < -0.4 is 0 Å². The predicted octanol–water partition coefficient (Wildman–Crippen LogP) is 10.1. The number of hydrogen-bond donors (Lipinski definition) is 0. The molecule has 2 aliphatic carbocycles. The fourth-order valence-corrected chi connectivity index (χ4v) is 17.0. The Morgan fingerprint density at radius 1 is 0.452 bits per heavy atom. The van der Waals surface area contributed by atoms with Crippen LogP contribution in [0.1, 0.15) is 40.6 Å². The van der Waals surface area contributed by atoms with Crippen molar-refractivity contribution in [1.29, 1.82) is 0 Å². The van der Waals surface area contributed by atoms with Crippen LogP contribution in [0.15, 0.2) is 164 Å². The fraction of sp³-hybridized carbons (Fsp3) is 0.0488. The standard InChI is InChI=1S/C15H11.C13H9.C13H10.Zr/c1-2-5-12(6-3-1)15-10-9-13-7-4-8-14(13)11-15;1-3-7-12-10(5-1)9-11-6-2-4-8-13(11)12;1-3-7-12(8-4-1)11-13-9-5-2-6-10-13;/h1-11H;1-9H;1-10H;. The Morgan fingerprint density at radius 2 is 0.976 bits per heavy atom. The van der Waals surface area contributed by atoms with Crippen LogP contribution in [0, 0.1) is 0 Å². The Hall–Kier alpha value is -4.19. The van der Waals surface area contributed by atoms with Gasteiger partial charge in [0.15, 0.2) is 0 Å². The van der Waals surface area contributed by atoms with E-state index in [1.54, 1.807) is 3.21 Å². The van der Waals surface area contributed by atoms with Crippen LogP contribution in [0.25, 0.3) is 28.3 Å². The zero-order chi connectivity index (χ0) is 27.9. The first-order chi connectivity index (χ1) is 20.9. The molecule has 1 heteroatoms. The van der Waals surface area contributed by atoms with E-state index in [-0.39, 0.29) is 0 Å². The molecule has 1 unspecified atom stereocenters. The van der Waals surface area contributed by atoms with Crippen molar-refractivity contribution in [2.24, 2.45) is 0 Å². The first-order valence-electron chi connectivity index (χ1n) is 14.8. The van der Waals surface area contributed by atoms with Crippen molar-refractivity contribution in [1.82, 2.24) is 0 Å².